The molecule has 0 aliphatic carbocycles. The zero-order chi connectivity index (χ0) is 17.6. The molecule has 0 radical (unpaired) electrons. The van der Waals surface area contributed by atoms with E-state index in [1.165, 1.54) is 6.07 Å². The molecule has 0 aliphatic heterocycles. The summed E-state index contributed by atoms with van der Waals surface area (Å²) in [5.41, 5.74) is 0.563. The van der Waals surface area contributed by atoms with Crippen LogP contribution in [0, 0.1) is 0 Å². The smallest absolute Gasteiger partial charge is 0.215 e. The fourth-order valence-corrected chi connectivity index (χ4v) is 3.37. The second-order valence-electron chi connectivity index (χ2n) is 4.93. The normalized spacial score (nSPS) is 11.3. The number of nitrogens with one attached hydrogen (secondary N) is 1. The predicted molar refractivity (Wildman–Crippen MR) is 95.6 cm³/mol. The van der Waals surface area contributed by atoms with E-state index in [0.29, 0.717) is 21.4 Å². The number of hydrogen-bond donors (Lipinski definition) is 1. The summed E-state index contributed by atoms with van der Waals surface area (Å²) in [6, 6.07) is 11.8. The topological polar surface area (TPSA) is 64.6 Å². The Morgan fingerprint density at radius 1 is 1.00 bits per heavy atom. The van der Waals surface area contributed by atoms with Crippen molar-refractivity contribution >= 4 is 33.2 Å². The van der Waals surface area contributed by atoms with Crippen molar-refractivity contribution in [3.63, 3.8) is 0 Å². The first-order valence-corrected chi connectivity index (χ1v) is 9.48. The molecule has 0 bridgehead atoms. The quantitative estimate of drug-likeness (QED) is 0.701. The molecule has 0 atom stereocenters. The monoisotopic (exact) mass is 389 g/mol. The average molecular weight is 390 g/mol. The fourth-order valence-electron chi connectivity index (χ4n) is 1.94. The molecule has 5 nitrogen and oxygen atoms in total. The van der Waals surface area contributed by atoms with Crippen molar-refractivity contribution in [2.24, 2.45) is 0 Å². The molecular formula is C16H17Cl2NO4S. The highest BCUT2D eigenvalue weighted by Gasteiger charge is 2.12. The molecule has 0 amide bonds. The van der Waals surface area contributed by atoms with Crippen molar-refractivity contribution in [3.8, 4) is 11.5 Å². The maximum atomic E-state index is 12.0. The fraction of sp³-hybridized carbons (Fsp3) is 0.250. The van der Waals surface area contributed by atoms with E-state index in [-0.39, 0.29) is 18.9 Å². The SMILES string of the molecule is COc1ccc(OCCNS(=O)(=O)Cc2ccc(Cl)c(Cl)c2)cc1. The number of halogens is 2. The highest BCUT2D eigenvalue weighted by Crippen LogP contribution is 2.23. The molecule has 0 spiro atoms. The van der Waals surface area contributed by atoms with Crippen LogP contribution in [0.25, 0.3) is 0 Å². The molecule has 24 heavy (non-hydrogen) atoms. The minimum atomic E-state index is -3.48. The van der Waals surface area contributed by atoms with Gasteiger partial charge in [-0.2, -0.15) is 0 Å². The van der Waals surface area contributed by atoms with Gasteiger partial charge in [0, 0.05) is 6.54 Å². The lowest BCUT2D eigenvalue weighted by atomic mass is 10.2. The van der Waals surface area contributed by atoms with Crippen molar-refractivity contribution in [2.75, 3.05) is 20.3 Å². The van der Waals surface area contributed by atoms with Crippen LogP contribution in [-0.4, -0.2) is 28.7 Å². The molecule has 8 heteroatoms. The average Bonchev–Trinajstić information content (AvgIpc) is 2.55. The summed E-state index contributed by atoms with van der Waals surface area (Å²) in [4.78, 5) is 0. The van der Waals surface area contributed by atoms with Gasteiger partial charge in [-0.25, -0.2) is 13.1 Å². The van der Waals surface area contributed by atoms with Gasteiger partial charge in [-0.3, -0.25) is 0 Å². The number of hydrogen-bond acceptors (Lipinski definition) is 4. The molecule has 2 aromatic carbocycles. The number of methoxy groups -OCH3 is 1. The van der Waals surface area contributed by atoms with Gasteiger partial charge in [-0.1, -0.05) is 29.3 Å². The molecular weight excluding hydrogens is 373 g/mol. The Kier molecular flexibility index (Phi) is 6.74. The Morgan fingerprint density at radius 3 is 2.29 bits per heavy atom. The number of sulfonamides is 1. The molecule has 0 saturated carbocycles. The van der Waals surface area contributed by atoms with E-state index < -0.39 is 10.0 Å². The lowest BCUT2D eigenvalue weighted by Gasteiger charge is -2.09. The van der Waals surface area contributed by atoms with Crippen molar-refractivity contribution in [1.29, 1.82) is 0 Å². The van der Waals surface area contributed by atoms with Crippen LogP contribution in [0.15, 0.2) is 42.5 Å². The molecule has 0 aliphatic rings. The van der Waals surface area contributed by atoms with E-state index in [1.54, 1.807) is 43.5 Å². The molecule has 0 unspecified atom stereocenters. The van der Waals surface area contributed by atoms with Crippen LogP contribution in [0.1, 0.15) is 5.56 Å². The number of rotatable bonds is 8. The Balaban J connectivity index is 1.80. The van der Waals surface area contributed by atoms with Crippen LogP contribution >= 0.6 is 23.2 Å². The van der Waals surface area contributed by atoms with Gasteiger partial charge >= 0.3 is 0 Å². The lowest BCUT2D eigenvalue weighted by Crippen LogP contribution is -2.29. The minimum absolute atomic E-state index is 0.162. The van der Waals surface area contributed by atoms with Gasteiger partial charge in [0.05, 0.1) is 22.9 Å². The van der Waals surface area contributed by atoms with Gasteiger partial charge < -0.3 is 9.47 Å². The predicted octanol–water partition coefficient (Wildman–Crippen LogP) is 3.50. The summed E-state index contributed by atoms with van der Waals surface area (Å²) in [6.45, 7) is 0.378. The highest BCUT2D eigenvalue weighted by atomic mass is 35.5. The first kappa shape index (κ1) is 18.9. The van der Waals surface area contributed by atoms with E-state index in [2.05, 4.69) is 4.72 Å². The summed E-state index contributed by atoms with van der Waals surface area (Å²) in [6.07, 6.45) is 0. The third kappa shape index (κ3) is 5.87. The summed E-state index contributed by atoms with van der Waals surface area (Å²) in [7, 11) is -1.90. The molecule has 0 fully saturated rings. The third-order valence-corrected chi connectivity index (χ3v) is 5.19. The summed E-state index contributed by atoms with van der Waals surface area (Å²) in [5.74, 6) is 1.19. The molecule has 130 valence electrons. The second kappa shape index (κ2) is 8.58. The second-order valence-corrected chi connectivity index (χ2v) is 7.55. The van der Waals surface area contributed by atoms with Crippen LogP contribution in [0.2, 0.25) is 10.0 Å². The van der Waals surface area contributed by atoms with Crippen molar-refractivity contribution < 1.29 is 17.9 Å². The first-order chi connectivity index (χ1) is 11.4. The van der Waals surface area contributed by atoms with E-state index in [1.807, 2.05) is 0 Å². The zero-order valence-corrected chi connectivity index (χ0v) is 15.3. The van der Waals surface area contributed by atoms with E-state index in [4.69, 9.17) is 32.7 Å². The van der Waals surface area contributed by atoms with Gasteiger partial charge in [0.1, 0.15) is 18.1 Å². The summed E-state index contributed by atoms with van der Waals surface area (Å²) in [5, 5.41) is 0.714. The van der Waals surface area contributed by atoms with Gasteiger partial charge in [0.15, 0.2) is 0 Å². The molecule has 0 heterocycles. The lowest BCUT2D eigenvalue weighted by molar-refractivity contribution is 0.322. The van der Waals surface area contributed by atoms with Gasteiger partial charge in [0.2, 0.25) is 10.0 Å². The maximum Gasteiger partial charge on any atom is 0.215 e. The highest BCUT2D eigenvalue weighted by molar-refractivity contribution is 7.88. The molecule has 2 aromatic rings. The summed E-state index contributed by atoms with van der Waals surface area (Å²) < 4.78 is 37.1. The zero-order valence-electron chi connectivity index (χ0n) is 13.0. The van der Waals surface area contributed by atoms with Gasteiger partial charge in [0.25, 0.3) is 0 Å². The van der Waals surface area contributed by atoms with Crippen molar-refractivity contribution in [1.82, 2.24) is 4.72 Å². The van der Waals surface area contributed by atoms with Crippen LogP contribution < -0.4 is 14.2 Å². The molecule has 2 rings (SSSR count). The molecule has 0 aromatic heterocycles. The van der Waals surface area contributed by atoms with E-state index >= 15 is 0 Å². The number of ether oxygens (including phenoxy) is 2. The maximum absolute atomic E-state index is 12.0. The van der Waals surface area contributed by atoms with Crippen LogP contribution in [-0.2, 0) is 15.8 Å². The number of benzene rings is 2. The van der Waals surface area contributed by atoms with Gasteiger partial charge in [-0.15, -0.1) is 0 Å². The van der Waals surface area contributed by atoms with Crippen LogP contribution in [0.4, 0.5) is 0 Å². The first-order valence-electron chi connectivity index (χ1n) is 7.08. The largest absolute Gasteiger partial charge is 0.497 e. The Hall–Kier alpha value is -1.47. The van der Waals surface area contributed by atoms with Gasteiger partial charge in [-0.05, 0) is 42.0 Å². The van der Waals surface area contributed by atoms with Crippen molar-refractivity contribution in [2.45, 2.75) is 5.75 Å². The Morgan fingerprint density at radius 2 is 1.67 bits per heavy atom. The van der Waals surface area contributed by atoms with E-state index in [9.17, 15) is 8.42 Å². The van der Waals surface area contributed by atoms with E-state index in [0.717, 1.165) is 5.75 Å². The van der Waals surface area contributed by atoms with Crippen molar-refractivity contribution in [3.05, 3.63) is 58.1 Å². The molecule has 0 saturated heterocycles. The third-order valence-electron chi connectivity index (χ3n) is 3.09. The standard InChI is InChI=1S/C16H17Cl2NO4S/c1-22-13-3-5-14(6-4-13)23-9-8-19-24(20,21)11-12-2-7-15(17)16(18)10-12/h2-7,10,19H,8-9,11H2,1H3. The van der Waals surface area contributed by atoms with Crippen LogP contribution in [0.5, 0.6) is 11.5 Å². The van der Waals surface area contributed by atoms with Crippen LogP contribution in [0.3, 0.4) is 0 Å². The molecule has 1 N–H and O–H groups in total. The summed E-state index contributed by atoms with van der Waals surface area (Å²) >= 11 is 11.7. The minimum Gasteiger partial charge on any atom is -0.497 e. The Labute approximate surface area is 151 Å². The Bertz CT molecular complexity index is 779.